The largest absolute Gasteiger partial charge is 0.347 e. The van der Waals surface area contributed by atoms with Crippen LogP contribution in [0.3, 0.4) is 0 Å². The van der Waals surface area contributed by atoms with Crippen molar-refractivity contribution in [3.05, 3.63) is 47.7 Å². The van der Waals surface area contributed by atoms with E-state index in [9.17, 15) is 4.79 Å². The normalized spacial score (nSPS) is 12.4. The molecule has 0 radical (unpaired) electrons. The van der Waals surface area contributed by atoms with Crippen LogP contribution < -0.4 is 5.32 Å². The fourth-order valence-electron chi connectivity index (χ4n) is 1.89. The van der Waals surface area contributed by atoms with Crippen molar-refractivity contribution in [2.45, 2.75) is 17.9 Å². The molecule has 0 aliphatic heterocycles. The van der Waals surface area contributed by atoms with Crippen LogP contribution in [0.1, 0.15) is 18.7 Å². The molecule has 7 heteroatoms. The second-order valence-corrected chi connectivity index (χ2v) is 6.38. The molecule has 108 valence electrons. The Morgan fingerprint density at radius 1 is 1.43 bits per heavy atom. The van der Waals surface area contributed by atoms with E-state index in [-0.39, 0.29) is 11.9 Å². The van der Waals surface area contributed by atoms with E-state index >= 15 is 0 Å². The molecule has 2 aromatic heterocycles. The van der Waals surface area contributed by atoms with Gasteiger partial charge in [0.2, 0.25) is 10.9 Å². The number of imidazole rings is 1. The van der Waals surface area contributed by atoms with Gasteiger partial charge in [-0.3, -0.25) is 4.79 Å². The maximum Gasteiger partial charge on any atom is 0.230 e. The third-order valence-corrected chi connectivity index (χ3v) is 4.64. The first kappa shape index (κ1) is 14.1. The zero-order chi connectivity index (χ0) is 14.7. The summed E-state index contributed by atoms with van der Waals surface area (Å²) in [4.78, 5) is 18.3. The Hall–Kier alpha value is -1.86. The van der Waals surface area contributed by atoms with Gasteiger partial charge in [-0.1, -0.05) is 29.5 Å². The molecule has 0 saturated carbocycles. The van der Waals surface area contributed by atoms with Gasteiger partial charge < -0.3 is 5.32 Å². The Kier molecular flexibility index (Phi) is 4.21. The van der Waals surface area contributed by atoms with Crippen LogP contribution in [0.4, 0.5) is 0 Å². The summed E-state index contributed by atoms with van der Waals surface area (Å²) in [7, 11) is 0. The molecule has 1 aromatic carbocycles. The van der Waals surface area contributed by atoms with Crippen molar-refractivity contribution in [1.82, 2.24) is 19.9 Å². The molecule has 0 spiro atoms. The summed E-state index contributed by atoms with van der Waals surface area (Å²) in [6.07, 6.45) is 1.85. The van der Waals surface area contributed by atoms with Gasteiger partial charge in [-0.25, -0.2) is 9.50 Å². The number of rotatable bonds is 5. The van der Waals surface area contributed by atoms with Crippen molar-refractivity contribution >= 4 is 34.0 Å². The van der Waals surface area contributed by atoms with E-state index in [1.165, 1.54) is 23.1 Å². The van der Waals surface area contributed by atoms with E-state index in [0.29, 0.717) is 5.75 Å². The van der Waals surface area contributed by atoms with Crippen molar-refractivity contribution < 1.29 is 4.79 Å². The fraction of sp³-hybridized carbons (Fsp3) is 0.214. The van der Waals surface area contributed by atoms with Crippen molar-refractivity contribution in [3.63, 3.8) is 0 Å². The summed E-state index contributed by atoms with van der Waals surface area (Å²) < 4.78 is 1.72. The average molecular weight is 318 g/mol. The van der Waals surface area contributed by atoms with Crippen LogP contribution >= 0.6 is 23.1 Å². The minimum Gasteiger partial charge on any atom is -0.347 e. The van der Waals surface area contributed by atoms with Gasteiger partial charge in [0.1, 0.15) is 5.51 Å². The van der Waals surface area contributed by atoms with E-state index in [1.54, 1.807) is 10.0 Å². The summed E-state index contributed by atoms with van der Waals surface area (Å²) in [5.41, 5.74) is 2.57. The lowest BCUT2D eigenvalue weighted by molar-refractivity contribution is -0.119. The van der Waals surface area contributed by atoms with Crippen LogP contribution in [-0.2, 0) is 4.79 Å². The highest BCUT2D eigenvalue weighted by molar-refractivity contribution is 8.00. The number of fused-ring (bicyclic) bond motifs is 1. The Bertz CT molecular complexity index is 709. The van der Waals surface area contributed by atoms with Gasteiger partial charge in [0.25, 0.3) is 0 Å². The molecule has 2 heterocycles. The number of benzene rings is 1. The van der Waals surface area contributed by atoms with Crippen LogP contribution in [-0.4, -0.2) is 26.3 Å². The number of nitrogens with zero attached hydrogens (tertiary/aromatic N) is 3. The molecule has 0 saturated heterocycles. The first-order chi connectivity index (χ1) is 10.2. The summed E-state index contributed by atoms with van der Waals surface area (Å²) in [5.74, 6) is 0.398. The van der Waals surface area contributed by atoms with Crippen LogP contribution in [0.5, 0.6) is 0 Å². The fourth-order valence-corrected chi connectivity index (χ4v) is 3.23. The molecule has 1 atom stereocenters. The van der Waals surface area contributed by atoms with Gasteiger partial charge in [-0.05, 0) is 19.1 Å². The molecule has 0 fully saturated rings. The number of carbonyl (C=O) groups is 1. The molecular formula is C14H14N4OS2. The minimum atomic E-state index is -0.122. The predicted molar refractivity (Wildman–Crippen MR) is 84.6 cm³/mol. The lowest BCUT2D eigenvalue weighted by atomic mass is 10.2. The van der Waals surface area contributed by atoms with Crippen molar-refractivity contribution in [2.24, 2.45) is 0 Å². The SMILES string of the molecule is CC(NC(=O)CSc1ccccc1)c1cn2ncsc2n1. The number of amides is 1. The number of aromatic nitrogens is 3. The summed E-state index contributed by atoms with van der Waals surface area (Å²) in [6.45, 7) is 1.93. The van der Waals surface area contributed by atoms with E-state index < -0.39 is 0 Å². The van der Waals surface area contributed by atoms with E-state index in [0.717, 1.165) is 15.6 Å². The lowest BCUT2D eigenvalue weighted by Crippen LogP contribution is -2.28. The number of thioether (sulfide) groups is 1. The summed E-state index contributed by atoms with van der Waals surface area (Å²) in [5, 5.41) is 7.09. The smallest absolute Gasteiger partial charge is 0.230 e. The van der Waals surface area contributed by atoms with Crippen molar-refractivity contribution in [3.8, 4) is 0 Å². The van der Waals surface area contributed by atoms with Gasteiger partial charge in [0.15, 0.2) is 0 Å². The molecule has 21 heavy (non-hydrogen) atoms. The molecule has 5 nitrogen and oxygen atoms in total. The second-order valence-electron chi connectivity index (χ2n) is 4.52. The number of carbonyl (C=O) groups excluding carboxylic acids is 1. The van der Waals surface area contributed by atoms with Gasteiger partial charge in [0, 0.05) is 4.90 Å². The Balaban J connectivity index is 1.55. The zero-order valence-corrected chi connectivity index (χ0v) is 13.0. The molecule has 1 unspecified atom stereocenters. The van der Waals surface area contributed by atoms with E-state index in [1.807, 2.05) is 43.5 Å². The van der Waals surface area contributed by atoms with Gasteiger partial charge >= 0.3 is 0 Å². The molecule has 0 aliphatic rings. The molecule has 1 N–H and O–H groups in total. The second kappa shape index (κ2) is 6.28. The van der Waals surface area contributed by atoms with Crippen LogP contribution in [0.15, 0.2) is 46.9 Å². The number of nitrogens with one attached hydrogen (secondary N) is 1. The first-order valence-electron chi connectivity index (χ1n) is 6.48. The standard InChI is InChI=1S/C14H14N4OS2/c1-10(12-7-18-14(17-12)21-9-15-18)16-13(19)8-20-11-5-3-2-4-6-11/h2-7,9-10H,8H2,1H3,(H,16,19). The van der Waals surface area contributed by atoms with Crippen molar-refractivity contribution in [1.29, 1.82) is 0 Å². The van der Waals surface area contributed by atoms with Crippen molar-refractivity contribution in [2.75, 3.05) is 5.75 Å². The Morgan fingerprint density at radius 2 is 2.24 bits per heavy atom. The maximum atomic E-state index is 12.0. The molecule has 0 aliphatic carbocycles. The minimum absolute atomic E-state index is 0.000617. The zero-order valence-electron chi connectivity index (χ0n) is 11.4. The summed E-state index contributed by atoms with van der Waals surface area (Å²) in [6, 6.07) is 9.77. The van der Waals surface area contributed by atoms with Crippen LogP contribution in [0.2, 0.25) is 0 Å². The van der Waals surface area contributed by atoms with Gasteiger partial charge in [0.05, 0.1) is 23.7 Å². The number of hydrogen-bond acceptors (Lipinski definition) is 5. The highest BCUT2D eigenvalue weighted by Crippen LogP contribution is 2.18. The highest BCUT2D eigenvalue weighted by Gasteiger charge is 2.14. The summed E-state index contributed by atoms with van der Waals surface area (Å²) >= 11 is 3.00. The van der Waals surface area contributed by atoms with E-state index in [2.05, 4.69) is 15.4 Å². The monoisotopic (exact) mass is 318 g/mol. The molecule has 1 amide bonds. The molecule has 3 aromatic rings. The third kappa shape index (κ3) is 3.43. The highest BCUT2D eigenvalue weighted by atomic mass is 32.2. The first-order valence-corrected chi connectivity index (χ1v) is 8.35. The quantitative estimate of drug-likeness (QED) is 0.735. The molecule has 0 bridgehead atoms. The maximum absolute atomic E-state index is 12.0. The molecular weight excluding hydrogens is 304 g/mol. The van der Waals surface area contributed by atoms with Gasteiger partial charge in [-0.15, -0.1) is 11.8 Å². The van der Waals surface area contributed by atoms with E-state index in [4.69, 9.17) is 0 Å². The van der Waals surface area contributed by atoms with Gasteiger partial charge in [-0.2, -0.15) is 5.10 Å². The Labute approximate surface area is 130 Å². The number of hydrogen-bond donors (Lipinski definition) is 1. The van der Waals surface area contributed by atoms with Crippen LogP contribution in [0, 0.1) is 0 Å². The lowest BCUT2D eigenvalue weighted by Gasteiger charge is -2.11. The topological polar surface area (TPSA) is 59.3 Å². The predicted octanol–water partition coefficient (Wildman–Crippen LogP) is 2.76. The molecule has 3 rings (SSSR count). The Morgan fingerprint density at radius 3 is 3.00 bits per heavy atom. The average Bonchev–Trinajstić information content (AvgIpc) is 3.07. The van der Waals surface area contributed by atoms with Crippen LogP contribution in [0.25, 0.3) is 4.96 Å². The third-order valence-electron chi connectivity index (χ3n) is 2.94.